The normalized spacial score (nSPS) is 19.9. The molecular weight excluding hydrogens is 240 g/mol. The van der Waals surface area contributed by atoms with Crippen molar-refractivity contribution in [2.75, 3.05) is 6.54 Å². The van der Waals surface area contributed by atoms with Gasteiger partial charge in [-0.1, -0.05) is 39.0 Å². The fraction of sp³-hybridized carbons (Fsp3) is 0.467. The first-order valence-electron chi connectivity index (χ1n) is 6.49. The Morgan fingerprint density at radius 3 is 2.37 bits per heavy atom. The number of carbonyl (C=O) groups is 2. The molecule has 1 aliphatic heterocycles. The number of piperazine rings is 1. The molecule has 1 aliphatic rings. The number of benzene rings is 1. The Morgan fingerprint density at radius 1 is 1.16 bits per heavy atom. The molecule has 1 unspecified atom stereocenters. The highest BCUT2D eigenvalue weighted by atomic mass is 16.2. The Balaban J connectivity index is 2.27. The van der Waals surface area contributed by atoms with Gasteiger partial charge >= 0.3 is 11.8 Å². The number of rotatable bonds is 1. The van der Waals surface area contributed by atoms with E-state index in [-0.39, 0.29) is 11.5 Å². The predicted molar refractivity (Wildman–Crippen MR) is 73.8 cm³/mol. The van der Waals surface area contributed by atoms with E-state index in [1.807, 2.05) is 13.0 Å². The minimum absolute atomic E-state index is 0.104. The van der Waals surface area contributed by atoms with E-state index in [9.17, 15) is 9.59 Å². The lowest BCUT2D eigenvalue weighted by atomic mass is 9.84. The summed E-state index contributed by atoms with van der Waals surface area (Å²) in [7, 11) is 0. The molecule has 0 aliphatic carbocycles. The van der Waals surface area contributed by atoms with Crippen LogP contribution in [0.3, 0.4) is 0 Å². The second-order valence-electron chi connectivity index (χ2n) is 6.06. The van der Waals surface area contributed by atoms with Gasteiger partial charge in [-0.25, -0.2) is 0 Å². The van der Waals surface area contributed by atoms with Crippen molar-refractivity contribution in [2.45, 2.75) is 39.2 Å². The summed E-state index contributed by atoms with van der Waals surface area (Å²) in [5.41, 5.74) is 3.56. The van der Waals surface area contributed by atoms with E-state index in [0.717, 1.165) is 11.1 Å². The monoisotopic (exact) mass is 260 g/mol. The number of aryl methyl sites for hydroxylation is 1. The van der Waals surface area contributed by atoms with E-state index in [4.69, 9.17) is 0 Å². The van der Waals surface area contributed by atoms with Gasteiger partial charge in [-0.05, 0) is 29.0 Å². The summed E-state index contributed by atoms with van der Waals surface area (Å²) in [6.07, 6.45) is 0. The van der Waals surface area contributed by atoms with Crippen LogP contribution < -0.4 is 10.6 Å². The first kappa shape index (κ1) is 13.6. The second-order valence-corrected chi connectivity index (χ2v) is 6.06. The Labute approximate surface area is 113 Å². The quantitative estimate of drug-likeness (QED) is 0.753. The topological polar surface area (TPSA) is 58.2 Å². The Bertz CT molecular complexity index is 529. The molecule has 1 aromatic rings. The molecule has 2 N–H and O–H groups in total. The zero-order valence-corrected chi connectivity index (χ0v) is 11.8. The van der Waals surface area contributed by atoms with Crippen LogP contribution in [0.15, 0.2) is 18.2 Å². The van der Waals surface area contributed by atoms with Gasteiger partial charge in [-0.2, -0.15) is 0 Å². The molecule has 0 bridgehead atoms. The summed E-state index contributed by atoms with van der Waals surface area (Å²) in [5, 5.41) is 5.33. The van der Waals surface area contributed by atoms with Gasteiger partial charge in [0.1, 0.15) is 0 Å². The van der Waals surface area contributed by atoms with Crippen LogP contribution in [0.5, 0.6) is 0 Å². The van der Waals surface area contributed by atoms with Crippen LogP contribution >= 0.6 is 0 Å². The highest BCUT2D eigenvalue weighted by Gasteiger charge is 2.27. The minimum Gasteiger partial charge on any atom is -0.345 e. The van der Waals surface area contributed by atoms with Crippen LogP contribution in [0.2, 0.25) is 0 Å². The van der Waals surface area contributed by atoms with E-state index in [1.165, 1.54) is 5.56 Å². The van der Waals surface area contributed by atoms with E-state index >= 15 is 0 Å². The van der Waals surface area contributed by atoms with E-state index in [2.05, 4.69) is 43.5 Å². The Morgan fingerprint density at radius 2 is 1.84 bits per heavy atom. The van der Waals surface area contributed by atoms with Gasteiger partial charge in [-0.3, -0.25) is 9.59 Å². The number of hydrogen-bond donors (Lipinski definition) is 2. The molecule has 1 heterocycles. The summed E-state index contributed by atoms with van der Waals surface area (Å²) in [5.74, 6) is -1.12. The molecule has 0 saturated carbocycles. The number of hydrogen-bond acceptors (Lipinski definition) is 2. The van der Waals surface area contributed by atoms with Crippen molar-refractivity contribution in [3.8, 4) is 0 Å². The van der Waals surface area contributed by atoms with Crippen molar-refractivity contribution < 1.29 is 9.59 Å². The third kappa shape index (κ3) is 2.78. The smallest absolute Gasteiger partial charge is 0.309 e. The molecule has 4 heteroatoms. The Kier molecular flexibility index (Phi) is 3.35. The number of nitrogens with one attached hydrogen (secondary N) is 2. The maximum Gasteiger partial charge on any atom is 0.309 e. The van der Waals surface area contributed by atoms with Gasteiger partial charge in [0.05, 0.1) is 6.04 Å². The van der Waals surface area contributed by atoms with Gasteiger partial charge in [0.2, 0.25) is 0 Å². The number of amides is 2. The summed E-state index contributed by atoms with van der Waals surface area (Å²) in [6.45, 7) is 8.99. The van der Waals surface area contributed by atoms with Crippen LogP contribution in [0.4, 0.5) is 0 Å². The van der Waals surface area contributed by atoms with Crippen LogP contribution in [-0.2, 0) is 15.0 Å². The molecule has 0 spiro atoms. The minimum atomic E-state index is -0.560. The number of carbonyl (C=O) groups excluding carboxylic acids is 2. The molecule has 1 fully saturated rings. The van der Waals surface area contributed by atoms with Crippen molar-refractivity contribution >= 4 is 11.8 Å². The molecule has 0 radical (unpaired) electrons. The molecule has 2 amide bonds. The first-order valence-corrected chi connectivity index (χ1v) is 6.49. The van der Waals surface area contributed by atoms with E-state index in [1.54, 1.807) is 0 Å². The Hall–Kier alpha value is -1.84. The SMILES string of the molecule is Cc1cc(C(C)(C)C)ccc1C1CNC(=O)C(=O)N1. The molecule has 1 saturated heterocycles. The lowest BCUT2D eigenvalue weighted by Crippen LogP contribution is -2.51. The molecule has 19 heavy (non-hydrogen) atoms. The average Bonchev–Trinajstić information content (AvgIpc) is 2.31. The largest absolute Gasteiger partial charge is 0.345 e. The van der Waals surface area contributed by atoms with Crippen molar-refractivity contribution in [1.82, 2.24) is 10.6 Å². The average molecular weight is 260 g/mol. The highest BCUT2D eigenvalue weighted by molar-refractivity contribution is 6.35. The third-order valence-corrected chi connectivity index (χ3v) is 3.49. The lowest BCUT2D eigenvalue weighted by Gasteiger charge is -2.27. The molecule has 1 aromatic carbocycles. The van der Waals surface area contributed by atoms with E-state index in [0.29, 0.717) is 6.54 Å². The van der Waals surface area contributed by atoms with Crippen molar-refractivity contribution in [1.29, 1.82) is 0 Å². The van der Waals surface area contributed by atoms with Crippen LogP contribution in [0.1, 0.15) is 43.5 Å². The van der Waals surface area contributed by atoms with Crippen molar-refractivity contribution in [2.24, 2.45) is 0 Å². The highest BCUT2D eigenvalue weighted by Crippen LogP contribution is 2.27. The first-order chi connectivity index (χ1) is 8.79. The summed E-state index contributed by atoms with van der Waals surface area (Å²) < 4.78 is 0. The third-order valence-electron chi connectivity index (χ3n) is 3.49. The molecular formula is C15H20N2O2. The second kappa shape index (κ2) is 4.68. The maximum atomic E-state index is 11.4. The van der Waals surface area contributed by atoms with Crippen molar-refractivity contribution in [3.05, 3.63) is 34.9 Å². The van der Waals surface area contributed by atoms with Crippen LogP contribution in [0, 0.1) is 6.92 Å². The van der Waals surface area contributed by atoms with Gasteiger partial charge in [0.15, 0.2) is 0 Å². The summed E-state index contributed by atoms with van der Waals surface area (Å²) in [6, 6.07) is 6.14. The summed E-state index contributed by atoms with van der Waals surface area (Å²) in [4.78, 5) is 22.5. The molecule has 102 valence electrons. The zero-order chi connectivity index (χ0) is 14.2. The summed E-state index contributed by atoms with van der Waals surface area (Å²) >= 11 is 0. The van der Waals surface area contributed by atoms with Gasteiger partial charge < -0.3 is 10.6 Å². The zero-order valence-electron chi connectivity index (χ0n) is 11.8. The maximum absolute atomic E-state index is 11.4. The van der Waals surface area contributed by atoms with Gasteiger partial charge in [0, 0.05) is 6.54 Å². The van der Waals surface area contributed by atoms with Crippen LogP contribution in [0.25, 0.3) is 0 Å². The fourth-order valence-electron chi connectivity index (χ4n) is 2.27. The standard InChI is InChI=1S/C15H20N2O2/c1-9-7-10(15(2,3)4)5-6-11(9)12-8-16-13(18)14(19)17-12/h5-7,12H,8H2,1-4H3,(H,16,18)(H,17,19). The molecule has 4 nitrogen and oxygen atoms in total. The lowest BCUT2D eigenvalue weighted by molar-refractivity contribution is -0.141. The fourth-order valence-corrected chi connectivity index (χ4v) is 2.27. The molecule has 0 aromatic heterocycles. The molecule has 1 atom stereocenters. The van der Waals surface area contributed by atoms with Crippen molar-refractivity contribution in [3.63, 3.8) is 0 Å². The van der Waals surface area contributed by atoms with Crippen LogP contribution in [-0.4, -0.2) is 18.4 Å². The van der Waals surface area contributed by atoms with Gasteiger partial charge in [0.25, 0.3) is 0 Å². The molecule has 2 rings (SSSR count). The predicted octanol–water partition coefficient (Wildman–Crippen LogP) is 1.58. The van der Waals surface area contributed by atoms with Gasteiger partial charge in [-0.15, -0.1) is 0 Å². The van der Waals surface area contributed by atoms with E-state index < -0.39 is 11.8 Å².